The second kappa shape index (κ2) is 13.8. The molecule has 12 heavy (non-hydrogen) atoms. The van der Waals surface area contributed by atoms with Gasteiger partial charge in [0.05, 0.1) is 13.2 Å². The molecule has 0 amide bonds. The van der Waals surface area contributed by atoms with Crippen LogP contribution in [0, 0.1) is 0 Å². The third-order valence-corrected chi connectivity index (χ3v) is 0.204. The summed E-state index contributed by atoms with van der Waals surface area (Å²) in [6.45, 7) is 2.00. The smallest absolute Gasteiger partial charge is 0.511 e. The fraction of sp³-hybridized carbons (Fsp3) is 1.00. The molecule has 1 aliphatic heterocycles. The zero-order valence-corrected chi connectivity index (χ0v) is 10.4. The Morgan fingerprint density at radius 1 is 0.917 bits per heavy atom. The van der Waals surface area contributed by atoms with Crippen molar-refractivity contribution < 1.29 is 32.8 Å². The van der Waals surface area contributed by atoms with E-state index in [1.807, 2.05) is 0 Å². The van der Waals surface area contributed by atoms with Gasteiger partial charge in [0.25, 0.3) is 0 Å². The van der Waals surface area contributed by atoms with Crippen molar-refractivity contribution in [3.63, 3.8) is 0 Å². The molecule has 0 atom stereocenters. The summed E-state index contributed by atoms with van der Waals surface area (Å²) in [6, 6.07) is 0. The molecule has 1 radical (unpaired) electrons. The number of hydrogen-bond donors (Lipinski definition) is 4. The maximum absolute atomic E-state index is 8.74. The van der Waals surface area contributed by atoms with Gasteiger partial charge in [0, 0.05) is 29.6 Å². The van der Waals surface area contributed by atoms with Gasteiger partial charge in [-0.25, -0.2) is 0 Å². The normalized spacial score (nSPS) is 10.0. The van der Waals surface area contributed by atoms with Crippen LogP contribution in [0.3, 0.4) is 0 Å². The van der Waals surface area contributed by atoms with Crippen molar-refractivity contribution in [1.82, 2.24) is 0 Å². The summed E-state index contributed by atoms with van der Waals surface area (Å²) in [5.41, 5.74) is 0. The molecule has 1 fully saturated rings. The second-order valence-electron chi connectivity index (χ2n) is 1.18. The van der Waals surface area contributed by atoms with Gasteiger partial charge < -0.3 is 23.9 Å². The molecule has 0 aromatic heterocycles. The van der Waals surface area contributed by atoms with Gasteiger partial charge in [0.2, 0.25) is 0 Å². The van der Waals surface area contributed by atoms with Gasteiger partial charge in [-0.3, -0.25) is 8.92 Å². The first-order valence-corrected chi connectivity index (χ1v) is 4.99. The maximum Gasteiger partial charge on any atom is 0.761 e. The van der Waals surface area contributed by atoms with Crippen molar-refractivity contribution in [2.75, 3.05) is 13.2 Å². The Balaban J connectivity index is -0.0000000975. The van der Waals surface area contributed by atoms with Crippen LogP contribution >= 0.6 is 0 Å². The minimum absolute atomic E-state index is 0. The van der Waals surface area contributed by atoms with Crippen LogP contribution in [0.2, 0.25) is 0 Å². The van der Waals surface area contributed by atoms with Gasteiger partial charge in [0.15, 0.2) is 0 Å². The Hall–Kier alpha value is 0.194. The predicted octanol–water partition coefficient (Wildman–Crippen LogP) is -3.59. The van der Waals surface area contributed by atoms with Crippen LogP contribution in [0.15, 0.2) is 0 Å². The van der Waals surface area contributed by atoms with E-state index in [0.717, 1.165) is 13.2 Å². The van der Waals surface area contributed by atoms with Gasteiger partial charge >= 0.3 is 18.3 Å². The maximum atomic E-state index is 8.74. The fourth-order valence-corrected chi connectivity index (χ4v) is 0. The van der Waals surface area contributed by atoms with Gasteiger partial charge in [-0.1, -0.05) is 0 Å². The van der Waals surface area contributed by atoms with Crippen LogP contribution in [-0.4, -0.2) is 80.3 Å². The molecule has 0 unspecified atom stereocenters. The van der Waals surface area contributed by atoms with E-state index in [4.69, 9.17) is 28.1 Å². The molecule has 1 aliphatic rings. The van der Waals surface area contributed by atoms with Crippen LogP contribution in [0.5, 0.6) is 0 Å². The molecular formula is C2H8NaO7Si2. The molecule has 10 heteroatoms. The van der Waals surface area contributed by atoms with Crippen molar-refractivity contribution in [3.05, 3.63) is 0 Å². The molecule has 67 valence electrons. The fourth-order valence-electron chi connectivity index (χ4n) is 0. The average Bonchev–Trinajstić information content (AvgIpc) is 2.36. The Labute approximate surface area is 93.7 Å². The summed E-state index contributed by atoms with van der Waals surface area (Å²) in [6.07, 6.45) is 0. The largest absolute Gasteiger partial charge is 0.761 e. The van der Waals surface area contributed by atoms with Gasteiger partial charge in [0.1, 0.15) is 0 Å². The Morgan fingerprint density at radius 3 is 1.00 bits per heavy atom. The van der Waals surface area contributed by atoms with Crippen molar-refractivity contribution in [1.29, 1.82) is 0 Å². The molecule has 1 heterocycles. The standard InChI is InChI=1S/C2H4O.Na.2H2O3Si/c1-2-3-1;;2*1-4(2)3/h1-2H2;;2*1-2H. The van der Waals surface area contributed by atoms with Crippen LogP contribution < -0.4 is 0 Å². The number of rotatable bonds is 0. The zero-order chi connectivity index (χ0) is 9.28. The quantitative estimate of drug-likeness (QED) is 0.247. The SMILES string of the molecule is C1CO1.O=[Si](O)O.O=[Si](O)O.[Na]. The number of hydrogen-bond acceptors (Lipinski definition) is 3. The van der Waals surface area contributed by atoms with E-state index in [1.165, 1.54) is 0 Å². The summed E-state index contributed by atoms with van der Waals surface area (Å²) in [7, 11) is -6.26. The second-order valence-corrected chi connectivity index (χ2v) is 2.31. The third kappa shape index (κ3) is 605. The van der Waals surface area contributed by atoms with Crippen molar-refractivity contribution >= 4 is 47.9 Å². The Kier molecular flexibility index (Phi) is 20.7. The van der Waals surface area contributed by atoms with Gasteiger partial charge in [-0.05, 0) is 0 Å². The molecular weight excluding hydrogens is 215 g/mol. The molecule has 1 saturated heterocycles. The third-order valence-electron chi connectivity index (χ3n) is 0.204. The van der Waals surface area contributed by atoms with E-state index in [9.17, 15) is 0 Å². The Bertz CT molecular complexity index is 104. The van der Waals surface area contributed by atoms with E-state index >= 15 is 0 Å². The first-order valence-electron chi connectivity index (χ1n) is 2.38. The van der Waals surface area contributed by atoms with E-state index in [-0.39, 0.29) is 29.6 Å². The van der Waals surface area contributed by atoms with Crippen LogP contribution in [0.25, 0.3) is 0 Å². The molecule has 0 saturated carbocycles. The molecule has 1 rings (SSSR count). The molecule has 0 bridgehead atoms. The first-order chi connectivity index (χ1) is 4.96. The average molecular weight is 223 g/mol. The summed E-state index contributed by atoms with van der Waals surface area (Å²) >= 11 is 0. The number of ether oxygens (including phenoxy) is 1. The minimum Gasteiger partial charge on any atom is -0.511 e. The molecule has 7 nitrogen and oxygen atoms in total. The number of epoxide rings is 1. The molecule has 0 aliphatic carbocycles. The molecule has 0 aromatic carbocycles. The summed E-state index contributed by atoms with van der Waals surface area (Å²) in [4.78, 5) is 28.6. The van der Waals surface area contributed by atoms with Gasteiger partial charge in [-0.2, -0.15) is 0 Å². The summed E-state index contributed by atoms with van der Waals surface area (Å²) in [5.74, 6) is 0. The van der Waals surface area contributed by atoms with E-state index in [0.29, 0.717) is 0 Å². The van der Waals surface area contributed by atoms with Crippen molar-refractivity contribution in [2.45, 2.75) is 0 Å². The predicted molar refractivity (Wildman–Crippen MR) is 38.3 cm³/mol. The Morgan fingerprint density at radius 2 is 1.00 bits per heavy atom. The first kappa shape index (κ1) is 18.1. The molecule has 4 N–H and O–H groups in total. The van der Waals surface area contributed by atoms with E-state index in [1.54, 1.807) is 0 Å². The summed E-state index contributed by atoms with van der Waals surface area (Å²) in [5, 5.41) is 0. The van der Waals surface area contributed by atoms with Crippen LogP contribution in [-0.2, 0) is 13.7 Å². The van der Waals surface area contributed by atoms with Crippen LogP contribution in [0.1, 0.15) is 0 Å². The molecule has 0 aromatic rings. The topological polar surface area (TPSA) is 128 Å². The van der Waals surface area contributed by atoms with E-state index in [2.05, 4.69) is 4.74 Å². The van der Waals surface area contributed by atoms with Crippen molar-refractivity contribution in [2.24, 2.45) is 0 Å². The van der Waals surface area contributed by atoms with E-state index < -0.39 is 18.3 Å². The minimum atomic E-state index is -3.13. The molecule has 0 spiro atoms. The van der Waals surface area contributed by atoms with Gasteiger partial charge in [-0.15, -0.1) is 0 Å². The summed E-state index contributed by atoms with van der Waals surface area (Å²) < 4.78 is 22.0. The van der Waals surface area contributed by atoms with Crippen LogP contribution in [0.4, 0.5) is 0 Å². The zero-order valence-electron chi connectivity index (χ0n) is 6.43. The van der Waals surface area contributed by atoms with Crippen molar-refractivity contribution in [3.8, 4) is 0 Å². The monoisotopic (exact) mass is 223 g/mol.